The van der Waals surface area contributed by atoms with Crippen LogP contribution in [0, 0.1) is 12.8 Å². The summed E-state index contributed by atoms with van der Waals surface area (Å²) < 4.78 is 28.3. The first-order valence-corrected chi connectivity index (χ1v) is 9.11. The summed E-state index contributed by atoms with van der Waals surface area (Å²) in [6, 6.07) is 5.40. The molecule has 6 nitrogen and oxygen atoms in total. The highest BCUT2D eigenvalue weighted by Crippen LogP contribution is 2.26. The molecule has 1 N–H and O–H groups in total. The number of benzene rings is 1. The molecular formula is C15H18N2O4S. The van der Waals surface area contributed by atoms with Crippen LogP contribution in [0.15, 0.2) is 22.6 Å². The predicted molar refractivity (Wildman–Crippen MR) is 83.4 cm³/mol. The molecule has 1 fully saturated rings. The molecular weight excluding hydrogens is 304 g/mol. The van der Waals surface area contributed by atoms with Gasteiger partial charge in [0.05, 0.1) is 17.2 Å². The fourth-order valence-electron chi connectivity index (χ4n) is 2.81. The third-order valence-corrected chi connectivity index (χ3v) is 5.74. The molecule has 0 spiro atoms. The lowest BCUT2D eigenvalue weighted by atomic mass is 10.0. The zero-order valence-corrected chi connectivity index (χ0v) is 13.1. The van der Waals surface area contributed by atoms with Crippen molar-refractivity contribution in [2.45, 2.75) is 26.2 Å². The largest absolute Gasteiger partial charge is 0.439 e. The van der Waals surface area contributed by atoms with Crippen LogP contribution in [0.3, 0.4) is 0 Å². The summed E-state index contributed by atoms with van der Waals surface area (Å²) in [5, 5.41) is 2.82. The van der Waals surface area contributed by atoms with Crippen LogP contribution in [0.25, 0.3) is 11.1 Å². The van der Waals surface area contributed by atoms with E-state index in [1.807, 2.05) is 12.1 Å². The Labute approximate surface area is 128 Å². The van der Waals surface area contributed by atoms with E-state index in [0.717, 1.165) is 0 Å². The van der Waals surface area contributed by atoms with E-state index in [1.54, 1.807) is 13.0 Å². The van der Waals surface area contributed by atoms with Crippen LogP contribution in [0.5, 0.6) is 0 Å². The van der Waals surface area contributed by atoms with Crippen molar-refractivity contribution in [2.24, 2.45) is 5.92 Å². The van der Waals surface area contributed by atoms with Crippen molar-refractivity contribution in [1.82, 2.24) is 4.98 Å². The third-order valence-electron chi connectivity index (χ3n) is 3.90. The SMILES string of the molecule is Cc1nc2cccc(NC(=O)CCC3CCS(=O)(=O)C3)c2o1. The summed E-state index contributed by atoms with van der Waals surface area (Å²) in [6.45, 7) is 1.76. The number of nitrogens with zero attached hydrogens (tertiary/aromatic N) is 1. The molecule has 22 heavy (non-hydrogen) atoms. The quantitative estimate of drug-likeness (QED) is 0.933. The monoisotopic (exact) mass is 322 g/mol. The van der Waals surface area contributed by atoms with Gasteiger partial charge in [-0.05, 0) is 30.9 Å². The van der Waals surface area contributed by atoms with Crippen molar-refractivity contribution < 1.29 is 17.6 Å². The van der Waals surface area contributed by atoms with Gasteiger partial charge in [0.15, 0.2) is 21.3 Å². The summed E-state index contributed by atoms with van der Waals surface area (Å²) >= 11 is 0. The Morgan fingerprint density at radius 1 is 1.45 bits per heavy atom. The second kappa shape index (κ2) is 5.72. The number of carbonyl (C=O) groups excluding carboxylic acids is 1. The topological polar surface area (TPSA) is 89.3 Å². The molecule has 1 atom stereocenters. The van der Waals surface area contributed by atoms with E-state index in [-0.39, 0.29) is 23.3 Å². The molecule has 0 radical (unpaired) electrons. The molecule has 1 aromatic heterocycles. The first-order chi connectivity index (χ1) is 10.4. The number of nitrogens with one attached hydrogen (secondary N) is 1. The summed E-state index contributed by atoms with van der Waals surface area (Å²) in [7, 11) is -2.88. The van der Waals surface area contributed by atoms with Gasteiger partial charge in [0.1, 0.15) is 5.52 Å². The fourth-order valence-corrected chi connectivity index (χ4v) is 4.72. The van der Waals surface area contributed by atoms with E-state index in [4.69, 9.17) is 4.42 Å². The van der Waals surface area contributed by atoms with Crippen molar-refractivity contribution in [3.05, 3.63) is 24.1 Å². The van der Waals surface area contributed by atoms with Crippen molar-refractivity contribution in [3.63, 3.8) is 0 Å². The maximum Gasteiger partial charge on any atom is 0.224 e. The Hall–Kier alpha value is -1.89. The summed E-state index contributed by atoms with van der Waals surface area (Å²) in [5.41, 5.74) is 1.87. The van der Waals surface area contributed by atoms with E-state index < -0.39 is 9.84 Å². The molecule has 1 aliphatic rings. The molecule has 0 aliphatic carbocycles. The number of aryl methyl sites for hydroxylation is 1. The number of aromatic nitrogens is 1. The third kappa shape index (κ3) is 3.30. The maximum absolute atomic E-state index is 12.1. The molecule has 1 aliphatic heterocycles. The fraction of sp³-hybridized carbons (Fsp3) is 0.467. The lowest BCUT2D eigenvalue weighted by Crippen LogP contribution is -2.14. The molecule has 1 unspecified atom stereocenters. The van der Waals surface area contributed by atoms with Crippen molar-refractivity contribution >= 4 is 32.5 Å². The number of rotatable bonds is 4. The van der Waals surface area contributed by atoms with Gasteiger partial charge < -0.3 is 9.73 Å². The number of oxazole rings is 1. The highest BCUT2D eigenvalue weighted by molar-refractivity contribution is 7.91. The second-order valence-corrected chi connectivity index (χ2v) is 7.97. The van der Waals surface area contributed by atoms with Gasteiger partial charge in [-0.15, -0.1) is 0 Å². The Morgan fingerprint density at radius 3 is 3.00 bits per heavy atom. The molecule has 0 bridgehead atoms. The van der Waals surface area contributed by atoms with Crippen LogP contribution in [0.4, 0.5) is 5.69 Å². The number of amides is 1. The van der Waals surface area contributed by atoms with Gasteiger partial charge in [0.25, 0.3) is 0 Å². The van der Waals surface area contributed by atoms with Crippen LogP contribution in [0.1, 0.15) is 25.2 Å². The zero-order chi connectivity index (χ0) is 15.7. The molecule has 1 amide bonds. The minimum Gasteiger partial charge on any atom is -0.439 e. The van der Waals surface area contributed by atoms with E-state index >= 15 is 0 Å². The van der Waals surface area contributed by atoms with E-state index in [1.165, 1.54) is 0 Å². The maximum atomic E-state index is 12.1. The number of hydrogen-bond acceptors (Lipinski definition) is 5. The first kappa shape index (κ1) is 15.0. The van der Waals surface area contributed by atoms with Gasteiger partial charge in [0, 0.05) is 13.3 Å². The molecule has 2 heterocycles. The Morgan fingerprint density at radius 2 is 2.27 bits per heavy atom. The Kier molecular flexibility index (Phi) is 3.90. The summed E-state index contributed by atoms with van der Waals surface area (Å²) in [4.78, 5) is 16.3. The summed E-state index contributed by atoms with van der Waals surface area (Å²) in [6.07, 6.45) is 1.56. The highest BCUT2D eigenvalue weighted by atomic mass is 32.2. The van der Waals surface area contributed by atoms with Crippen molar-refractivity contribution in [3.8, 4) is 0 Å². The van der Waals surface area contributed by atoms with Crippen LogP contribution >= 0.6 is 0 Å². The number of carbonyl (C=O) groups is 1. The Balaban J connectivity index is 1.61. The molecule has 7 heteroatoms. The van der Waals surface area contributed by atoms with Crippen LogP contribution in [-0.4, -0.2) is 30.8 Å². The van der Waals surface area contributed by atoms with Gasteiger partial charge in [0.2, 0.25) is 5.91 Å². The van der Waals surface area contributed by atoms with E-state index in [9.17, 15) is 13.2 Å². The number of para-hydroxylation sites is 1. The van der Waals surface area contributed by atoms with Crippen LogP contribution in [-0.2, 0) is 14.6 Å². The van der Waals surface area contributed by atoms with Gasteiger partial charge in [-0.2, -0.15) is 0 Å². The van der Waals surface area contributed by atoms with Gasteiger partial charge in [-0.25, -0.2) is 13.4 Å². The smallest absolute Gasteiger partial charge is 0.224 e. The van der Waals surface area contributed by atoms with Gasteiger partial charge in [-0.1, -0.05) is 6.07 Å². The first-order valence-electron chi connectivity index (χ1n) is 7.29. The van der Waals surface area contributed by atoms with Crippen molar-refractivity contribution in [1.29, 1.82) is 0 Å². The summed E-state index contributed by atoms with van der Waals surface area (Å²) in [5.74, 6) is 0.963. The molecule has 3 rings (SSSR count). The van der Waals surface area contributed by atoms with E-state index in [0.29, 0.717) is 41.9 Å². The number of hydrogen-bond donors (Lipinski definition) is 1. The average Bonchev–Trinajstić information content (AvgIpc) is 2.99. The zero-order valence-electron chi connectivity index (χ0n) is 12.3. The Bertz CT molecular complexity index is 810. The van der Waals surface area contributed by atoms with Gasteiger partial charge >= 0.3 is 0 Å². The van der Waals surface area contributed by atoms with E-state index in [2.05, 4.69) is 10.3 Å². The molecule has 1 aromatic carbocycles. The second-order valence-electron chi connectivity index (χ2n) is 5.74. The molecule has 0 saturated carbocycles. The predicted octanol–water partition coefficient (Wildman–Crippen LogP) is 2.29. The number of anilines is 1. The minimum atomic E-state index is -2.88. The molecule has 1 saturated heterocycles. The number of sulfone groups is 1. The lowest BCUT2D eigenvalue weighted by Gasteiger charge is -2.08. The molecule has 118 valence electrons. The minimum absolute atomic E-state index is 0.0964. The van der Waals surface area contributed by atoms with Gasteiger partial charge in [-0.3, -0.25) is 4.79 Å². The average molecular weight is 322 g/mol. The number of fused-ring (bicyclic) bond motifs is 1. The van der Waals surface area contributed by atoms with Crippen LogP contribution in [0.2, 0.25) is 0 Å². The highest BCUT2D eigenvalue weighted by Gasteiger charge is 2.27. The molecule has 2 aromatic rings. The normalized spacial score (nSPS) is 20.3. The van der Waals surface area contributed by atoms with Crippen molar-refractivity contribution in [2.75, 3.05) is 16.8 Å². The lowest BCUT2D eigenvalue weighted by molar-refractivity contribution is -0.116. The standard InChI is InChI=1S/C15H18N2O4S/c1-10-16-12-3-2-4-13(15(12)21-10)17-14(18)6-5-11-7-8-22(19,20)9-11/h2-4,11H,5-9H2,1H3,(H,17,18). The van der Waals surface area contributed by atoms with Crippen LogP contribution < -0.4 is 5.32 Å².